The zero-order chi connectivity index (χ0) is 23.0. The highest BCUT2D eigenvalue weighted by atomic mass is 32.2. The summed E-state index contributed by atoms with van der Waals surface area (Å²) < 4.78 is 49.1. The van der Waals surface area contributed by atoms with Crippen LogP contribution in [0.25, 0.3) is 0 Å². The predicted octanol–water partition coefficient (Wildman–Crippen LogP) is 2.38. The van der Waals surface area contributed by atoms with Gasteiger partial charge in [0.25, 0.3) is 5.91 Å². The van der Waals surface area contributed by atoms with Gasteiger partial charge in [-0.25, -0.2) is 8.42 Å². The topological polar surface area (TPSA) is 103 Å². The second kappa shape index (κ2) is 11.3. The number of amides is 1. The molecular weight excluding hydrogens is 436 g/mol. The molecule has 0 saturated carbocycles. The maximum atomic E-state index is 13.1. The smallest absolute Gasteiger partial charge is 0.259 e. The van der Waals surface area contributed by atoms with Crippen molar-refractivity contribution in [2.75, 3.05) is 58.6 Å². The molecule has 3 rings (SSSR count). The van der Waals surface area contributed by atoms with E-state index in [2.05, 4.69) is 5.32 Å². The molecule has 32 heavy (non-hydrogen) atoms. The van der Waals surface area contributed by atoms with Gasteiger partial charge in [-0.05, 0) is 37.3 Å². The molecule has 174 valence electrons. The van der Waals surface area contributed by atoms with E-state index in [1.807, 2.05) is 6.92 Å². The van der Waals surface area contributed by atoms with Crippen LogP contribution in [0.2, 0.25) is 0 Å². The molecule has 0 aromatic heterocycles. The van der Waals surface area contributed by atoms with Crippen LogP contribution < -0.4 is 14.8 Å². The summed E-state index contributed by atoms with van der Waals surface area (Å²) in [7, 11) is -2.41. The van der Waals surface area contributed by atoms with E-state index in [0.29, 0.717) is 50.0 Å². The average molecular weight is 465 g/mol. The Balaban J connectivity index is 1.81. The van der Waals surface area contributed by atoms with Crippen LogP contribution in [0.15, 0.2) is 47.4 Å². The number of nitrogens with zero attached hydrogens (tertiary/aromatic N) is 1. The second-order valence-electron chi connectivity index (χ2n) is 6.88. The summed E-state index contributed by atoms with van der Waals surface area (Å²) in [5, 5.41) is 2.75. The number of morpholine rings is 1. The van der Waals surface area contributed by atoms with E-state index in [9.17, 15) is 13.2 Å². The Hall–Kier alpha value is -2.66. The van der Waals surface area contributed by atoms with Crippen LogP contribution in [0.3, 0.4) is 0 Å². The van der Waals surface area contributed by atoms with Crippen molar-refractivity contribution in [3.05, 3.63) is 48.0 Å². The fraction of sp³-hybridized carbons (Fsp3) is 0.409. The molecule has 2 aromatic rings. The molecule has 0 spiro atoms. The van der Waals surface area contributed by atoms with Gasteiger partial charge in [0, 0.05) is 25.4 Å². The van der Waals surface area contributed by atoms with Crippen molar-refractivity contribution in [1.29, 1.82) is 0 Å². The molecule has 0 bridgehead atoms. The number of para-hydroxylation sites is 1. The lowest BCUT2D eigenvalue weighted by Gasteiger charge is -2.26. The number of anilines is 1. The molecule has 10 heteroatoms. The molecular formula is C22H28N2O7S. The van der Waals surface area contributed by atoms with E-state index in [1.54, 1.807) is 30.3 Å². The SMILES string of the molecule is CCOCCOc1ccccc1C(=O)Nc1ccc(OC)c(S(=O)(=O)N2CCOCC2)c1. The van der Waals surface area contributed by atoms with Crippen LogP contribution in [0.5, 0.6) is 11.5 Å². The lowest BCUT2D eigenvalue weighted by atomic mass is 10.2. The van der Waals surface area contributed by atoms with Gasteiger partial charge in [0.2, 0.25) is 10.0 Å². The number of hydrogen-bond donors (Lipinski definition) is 1. The van der Waals surface area contributed by atoms with E-state index in [0.717, 1.165) is 0 Å². The van der Waals surface area contributed by atoms with Crippen LogP contribution in [0.1, 0.15) is 17.3 Å². The maximum absolute atomic E-state index is 13.1. The molecule has 0 radical (unpaired) electrons. The fourth-order valence-corrected chi connectivity index (χ4v) is 4.80. The molecule has 1 N–H and O–H groups in total. The summed E-state index contributed by atoms with van der Waals surface area (Å²) >= 11 is 0. The third-order valence-electron chi connectivity index (χ3n) is 4.83. The van der Waals surface area contributed by atoms with Crippen molar-refractivity contribution in [2.45, 2.75) is 11.8 Å². The number of carbonyl (C=O) groups is 1. The number of methoxy groups -OCH3 is 1. The Morgan fingerprint density at radius 1 is 1.09 bits per heavy atom. The second-order valence-corrected chi connectivity index (χ2v) is 8.78. The lowest BCUT2D eigenvalue weighted by Crippen LogP contribution is -2.40. The molecule has 2 aromatic carbocycles. The van der Waals surface area contributed by atoms with E-state index in [4.69, 9.17) is 18.9 Å². The molecule has 0 unspecified atom stereocenters. The van der Waals surface area contributed by atoms with Crippen LogP contribution >= 0.6 is 0 Å². The lowest BCUT2D eigenvalue weighted by molar-refractivity contribution is 0.0729. The number of benzene rings is 2. The normalized spacial score (nSPS) is 14.7. The summed E-state index contributed by atoms with van der Waals surface area (Å²) in [6.07, 6.45) is 0. The van der Waals surface area contributed by atoms with Gasteiger partial charge in [0.05, 0.1) is 32.5 Å². The van der Waals surface area contributed by atoms with Crippen LogP contribution in [-0.2, 0) is 19.5 Å². The van der Waals surface area contributed by atoms with Crippen molar-refractivity contribution < 1.29 is 32.2 Å². The summed E-state index contributed by atoms with van der Waals surface area (Å²) in [5.74, 6) is 0.199. The standard InChI is InChI=1S/C22H28N2O7S/c1-3-29-14-15-31-19-7-5-4-6-18(19)22(25)23-17-8-9-20(28-2)21(16-17)32(26,27)24-10-12-30-13-11-24/h4-9,16H,3,10-15H2,1-2H3,(H,23,25). The van der Waals surface area contributed by atoms with Crippen molar-refractivity contribution in [3.8, 4) is 11.5 Å². The van der Waals surface area contributed by atoms with Crippen LogP contribution in [0, 0.1) is 0 Å². The highest BCUT2D eigenvalue weighted by molar-refractivity contribution is 7.89. The molecule has 1 fully saturated rings. The van der Waals surface area contributed by atoms with Crippen molar-refractivity contribution in [2.24, 2.45) is 0 Å². The van der Waals surface area contributed by atoms with E-state index >= 15 is 0 Å². The van der Waals surface area contributed by atoms with Gasteiger partial charge in [-0.15, -0.1) is 0 Å². The summed E-state index contributed by atoms with van der Waals surface area (Å²) in [6, 6.07) is 11.4. The van der Waals surface area contributed by atoms with Gasteiger partial charge in [-0.3, -0.25) is 4.79 Å². The first-order chi connectivity index (χ1) is 15.5. The maximum Gasteiger partial charge on any atom is 0.259 e. The largest absolute Gasteiger partial charge is 0.495 e. The van der Waals surface area contributed by atoms with Crippen LogP contribution in [-0.4, -0.2) is 71.9 Å². The van der Waals surface area contributed by atoms with Crippen molar-refractivity contribution in [1.82, 2.24) is 4.31 Å². The fourth-order valence-electron chi connectivity index (χ4n) is 3.22. The highest BCUT2D eigenvalue weighted by Crippen LogP contribution is 2.30. The van der Waals surface area contributed by atoms with Gasteiger partial charge in [-0.2, -0.15) is 4.31 Å². The number of sulfonamides is 1. The Kier molecular flexibility index (Phi) is 8.46. The third kappa shape index (κ3) is 5.77. The van der Waals surface area contributed by atoms with Gasteiger partial charge in [-0.1, -0.05) is 12.1 Å². The van der Waals surface area contributed by atoms with E-state index in [-0.39, 0.29) is 23.7 Å². The zero-order valence-electron chi connectivity index (χ0n) is 18.2. The summed E-state index contributed by atoms with van der Waals surface area (Å²) in [6.45, 7) is 4.37. The molecule has 1 heterocycles. The average Bonchev–Trinajstić information content (AvgIpc) is 2.82. The molecule has 1 saturated heterocycles. The first-order valence-corrected chi connectivity index (χ1v) is 11.8. The molecule has 1 amide bonds. The Labute approximate surface area is 188 Å². The van der Waals surface area contributed by atoms with Crippen molar-refractivity contribution in [3.63, 3.8) is 0 Å². The zero-order valence-corrected chi connectivity index (χ0v) is 19.0. The van der Waals surface area contributed by atoms with Gasteiger partial charge >= 0.3 is 0 Å². The minimum absolute atomic E-state index is 0.0130. The van der Waals surface area contributed by atoms with Gasteiger partial charge < -0.3 is 24.3 Å². The third-order valence-corrected chi connectivity index (χ3v) is 6.75. The molecule has 1 aliphatic rings. The summed E-state index contributed by atoms with van der Waals surface area (Å²) in [4.78, 5) is 12.9. The number of carbonyl (C=O) groups excluding carboxylic acids is 1. The quantitative estimate of drug-likeness (QED) is 0.539. The van der Waals surface area contributed by atoms with E-state index in [1.165, 1.54) is 23.5 Å². The van der Waals surface area contributed by atoms with E-state index < -0.39 is 15.9 Å². The molecule has 1 aliphatic heterocycles. The number of nitrogens with one attached hydrogen (secondary N) is 1. The summed E-state index contributed by atoms with van der Waals surface area (Å²) in [5.41, 5.74) is 0.657. The minimum atomic E-state index is -3.81. The minimum Gasteiger partial charge on any atom is -0.495 e. The molecule has 9 nitrogen and oxygen atoms in total. The monoisotopic (exact) mass is 464 g/mol. The molecule has 0 atom stereocenters. The Morgan fingerprint density at radius 3 is 2.56 bits per heavy atom. The highest BCUT2D eigenvalue weighted by Gasteiger charge is 2.29. The first kappa shape index (κ1) is 24.0. The van der Waals surface area contributed by atoms with Gasteiger partial charge in [0.1, 0.15) is 23.0 Å². The molecule has 0 aliphatic carbocycles. The first-order valence-electron chi connectivity index (χ1n) is 10.3. The predicted molar refractivity (Wildman–Crippen MR) is 119 cm³/mol. The Morgan fingerprint density at radius 2 is 1.84 bits per heavy atom. The number of rotatable bonds is 10. The van der Waals surface area contributed by atoms with Gasteiger partial charge in [0.15, 0.2) is 0 Å². The number of hydrogen-bond acceptors (Lipinski definition) is 7. The number of ether oxygens (including phenoxy) is 4. The van der Waals surface area contributed by atoms with Crippen molar-refractivity contribution >= 4 is 21.6 Å². The van der Waals surface area contributed by atoms with Crippen LogP contribution in [0.4, 0.5) is 5.69 Å². The Bertz CT molecular complexity index is 1020.